The number of carbonyl (C=O) groups is 2. The van der Waals surface area contributed by atoms with Crippen molar-refractivity contribution in [3.63, 3.8) is 0 Å². The van der Waals surface area contributed by atoms with Gasteiger partial charge in [0.1, 0.15) is 0 Å². The third-order valence-electron chi connectivity index (χ3n) is 6.18. The number of rotatable bonds is 4. The zero-order chi connectivity index (χ0) is 25.1. The van der Waals surface area contributed by atoms with Crippen molar-refractivity contribution >= 4 is 11.9 Å². The highest BCUT2D eigenvalue weighted by Crippen LogP contribution is 2.82. The van der Waals surface area contributed by atoms with Gasteiger partial charge in [-0.1, -0.05) is 13.2 Å². The second-order valence-electron chi connectivity index (χ2n) is 8.27. The largest absolute Gasteiger partial charge is 0.449 e. The lowest BCUT2D eigenvalue weighted by Gasteiger charge is -2.72. The smallest absolute Gasteiger partial charge is 0.338 e. The highest BCUT2D eigenvalue weighted by atomic mass is 19.3. The lowest BCUT2D eigenvalue weighted by atomic mass is 9.42. The molecule has 0 radical (unpaired) electrons. The molecule has 0 aromatic rings. The number of ether oxygens (including phenoxy) is 2. The van der Waals surface area contributed by atoms with E-state index in [0.717, 1.165) is 6.92 Å². The molecule has 2 atom stereocenters. The molecule has 2 unspecified atom stereocenters. The van der Waals surface area contributed by atoms with E-state index in [2.05, 4.69) is 22.6 Å². The standard InChI is InChI=1S/C18H14F10O4/c1-7(2)9(29)31-11-5-12(19)16(23,24)13(20,6-11)18(27,28)14(15(11,21)22,17(12,25)26)32-10(30)8(3)4/h1,3,5-6H2,2,4H3. The first-order valence-electron chi connectivity index (χ1n) is 8.74. The van der Waals surface area contributed by atoms with Gasteiger partial charge in [0.2, 0.25) is 11.3 Å². The highest BCUT2D eigenvalue weighted by molar-refractivity contribution is 5.88. The zero-order valence-electron chi connectivity index (χ0n) is 16.2. The Labute approximate surface area is 173 Å². The Morgan fingerprint density at radius 3 is 1.31 bits per heavy atom. The minimum Gasteiger partial charge on any atom is -0.449 e. The maximum Gasteiger partial charge on any atom is 0.338 e. The van der Waals surface area contributed by atoms with Crippen molar-refractivity contribution in [2.24, 2.45) is 0 Å². The molecule has 4 rings (SSSR count). The van der Waals surface area contributed by atoms with E-state index in [1.807, 2.05) is 0 Å². The molecule has 0 heterocycles. The minimum atomic E-state index is -6.57. The predicted molar refractivity (Wildman–Crippen MR) is 84.0 cm³/mol. The molecule has 4 bridgehead atoms. The van der Waals surface area contributed by atoms with Gasteiger partial charge in [0.05, 0.1) is 0 Å². The molecule has 4 nitrogen and oxygen atoms in total. The molecule has 180 valence electrons. The molecule has 0 N–H and O–H groups in total. The van der Waals surface area contributed by atoms with E-state index in [0.29, 0.717) is 6.92 Å². The topological polar surface area (TPSA) is 52.6 Å². The Hall–Kier alpha value is -2.28. The number of carbonyl (C=O) groups excluding carboxylic acids is 2. The van der Waals surface area contributed by atoms with Crippen LogP contribution >= 0.6 is 0 Å². The molecule has 32 heavy (non-hydrogen) atoms. The molecule has 0 spiro atoms. The maximum atomic E-state index is 15.5. The molecule has 0 aliphatic heterocycles. The van der Waals surface area contributed by atoms with Gasteiger partial charge in [-0.15, -0.1) is 0 Å². The average molecular weight is 484 g/mol. The monoisotopic (exact) mass is 484 g/mol. The van der Waals surface area contributed by atoms with Crippen LogP contribution in [0.2, 0.25) is 0 Å². The number of hydrogen-bond donors (Lipinski definition) is 0. The second-order valence-corrected chi connectivity index (χ2v) is 8.27. The summed E-state index contributed by atoms with van der Waals surface area (Å²) in [6, 6.07) is 0. The molecular formula is C18H14F10O4. The summed E-state index contributed by atoms with van der Waals surface area (Å²) >= 11 is 0. The van der Waals surface area contributed by atoms with Crippen LogP contribution in [0.15, 0.2) is 24.3 Å². The minimum absolute atomic E-state index is 0.624. The van der Waals surface area contributed by atoms with Crippen LogP contribution in [-0.4, -0.2) is 58.2 Å². The Balaban J connectivity index is 2.48. The fourth-order valence-corrected chi connectivity index (χ4v) is 4.51. The summed E-state index contributed by atoms with van der Waals surface area (Å²) in [6.07, 6.45) is -5.56. The Morgan fingerprint density at radius 2 is 0.969 bits per heavy atom. The van der Waals surface area contributed by atoms with E-state index in [-0.39, 0.29) is 0 Å². The highest BCUT2D eigenvalue weighted by Gasteiger charge is 3.11. The van der Waals surface area contributed by atoms with Crippen LogP contribution in [0.25, 0.3) is 0 Å². The first kappa shape index (κ1) is 24.4. The average Bonchev–Trinajstić information content (AvgIpc) is 2.61. The van der Waals surface area contributed by atoms with E-state index in [1.54, 1.807) is 0 Å². The van der Waals surface area contributed by atoms with Crippen molar-refractivity contribution in [2.45, 2.75) is 72.9 Å². The second kappa shape index (κ2) is 5.79. The normalized spacial score (nSPS) is 41.6. The van der Waals surface area contributed by atoms with Gasteiger partial charge in [0, 0.05) is 24.0 Å². The lowest BCUT2D eigenvalue weighted by molar-refractivity contribution is -0.545. The maximum absolute atomic E-state index is 15.5. The molecular weight excluding hydrogens is 470 g/mol. The summed E-state index contributed by atoms with van der Waals surface area (Å²) in [7, 11) is 0. The van der Waals surface area contributed by atoms with Crippen molar-refractivity contribution in [2.75, 3.05) is 0 Å². The molecule has 14 heteroatoms. The van der Waals surface area contributed by atoms with E-state index in [4.69, 9.17) is 0 Å². The van der Waals surface area contributed by atoms with Crippen LogP contribution < -0.4 is 0 Å². The van der Waals surface area contributed by atoms with Crippen LogP contribution in [0, 0.1) is 0 Å². The van der Waals surface area contributed by atoms with Crippen molar-refractivity contribution in [1.29, 1.82) is 0 Å². The van der Waals surface area contributed by atoms with E-state index < -0.39 is 82.2 Å². The van der Waals surface area contributed by atoms with Crippen molar-refractivity contribution in [1.82, 2.24) is 0 Å². The van der Waals surface area contributed by atoms with E-state index in [1.165, 1.54) is 0 Å². The van der Waals surface area contributed by atoms with E-state index in [9.17, 15) is 18.4 Å². The molecule has 0 amide bonds. The van der Waals surface area contributed by atoms with Gasteiger partial charge in [-0.3, -0.25) is 0 Å². The fraction of sp³-hybridized carbons (Fsp3) is 0.667. The first-order valence-corrected chi connectivity index (χ1v) is 8.74. The molecule has 4 fully saturated rings. The summed E-state index contributed by atoms with van der Waals surface area (Å²) in [5, 5.41) is 0. The molecule has 4 aliphatic carbocycles. The Morgan fingerprint density at radius 1 is 0.625 bits per heavy atom. The van der Waals surface area contributed by atoms with Gasteiger partial charge >= 0.3 is 41.2 Å². The SMILES string of the molecule is C=C(C)C(=O)OC12CC3(F)C(F)(F)C(F)(C1)C(F)(F)C(OC(=O)C(=C)C)(C2(F)F)C3(F)F. The summed E-state index contributed by atoms with van der Waals surface area (Å²) in [6.45, 7) is 7.20. The fourth-order valence-electron chi connectivity index (χ4n) is 4.51. The van der Waals surface area contributed by atoms with Gasteiger partial charge in [0.15, 0.2) is 5.60 Å². The molecule has 4 aliphatic rings. The number of halogens is 10. The van der Waals surface area contributed by atoms with Gasteiger partial charge in [-0.2, -0.15) is 35.1 Å². The van der Waals surface area contributed by atoms with Crippen LogP contribution in [0.4, 0.5) is 43.9 Å². The quantitative estimate of drug-likeness (QED) is 0.336. The predicted octanol–water partition coefficient (Wildman–Crippen LogP) is 4.48. The van der Waals surface area contributed by atoms with Crippen molar-refractivity contribution < 1.29 is 63.0 Å². The summed E-state index contributed by atoms with van der Waals surface area (Å²) in [5.41, 5.74) is -23.8. The number of hydrogen-bond acceptors (Lipinski definition) is 4. The van der Waals surface area contributed by atoms with E-state index >= 15 is 35.1 Å². The van der Waals surface area contributed by atoms with Gasteiger partial charge in [0.25, 0.3) is 0 Å². The van der Waals surface area contributed by atoms with Gasteiger partial charge < -0.3 is 9.47 Å². The lowest BCUT2D eigenvalue weighted by Crippen LogP contribution is -3.01. The van der Waals surface area contributed by atoms with Gasteiger partial charge in [-0.25, -0.2) is 18.4 Å². The van der Waals surface area contributed by atoms with Crippen LogP contribution in [0.1, 0.15) is 26.7 Å². The van der Waals surface area contributed by atoms with Crippen molar-refractivity contribution in [3.8, 4) is 0 Å². The molecule has 0 aromatic carbocycles. The van der Waals surface area contributed by atoms with Crippen molar-refractivity contribution in [3.05, 3.63) is 24.3 Å². The Kier molecular flexibility index (Phi) is 4.41. The number of esters is 2. The third-order valence-corrected chi connectivity index (χ3v) is 6.18. The van der Waals surface area contributed by atoms with Crippen LogP contribution in [0.3, 0.4) is 0 Å². The molecule has 0 aromatic heterocycles. The van der Waals surface area contributed by atoms with Crippen LogP contribution in [0.5, 0.6) is 0 Å². The third kappa shape index (κ3) is 1.99. The summed E-state index contributed by atoms with van der Waals surface area (Å²) in [5.74, 6) is -29.7. The molecule has 0 saturated heterocycles. The first-order chi connectivity index (χ1) is 14.1. The number of alkyl halides is 10. The summed E-state index contributed by atoms with van der Waals surface area (Å²) < 4.78 is 159. The Bertz CT molecular complexity index is 923. The van der Waals surface area contributed by atoms with Crippen LogP contribution in [-0.2, 0) is 19.1 Å². The van der Waals surface area contributed by atoms with Gasteiger partial charge in [-0.05, 0) is 13.8 Å². The summed E-state index contributed by atoms with van der Waals surface area (Å²) in [4.78, 5) is 23.7. The molecule has 4 saturated carbocycles. The zero-order valence-corrected chi connectivity index (χ0v) is 16.2.